The van der Waals surface area contributed by atoms with Crippen molar-refractivity contribution < 1.29 is 19.1 Å². The van der Waals surface area contributed by atoms with E-state index < -0.39 is 18.0 Å². The SMILES string of the molecule is COC(=O)NC(Cc1ccccc1)C(=O)Nc1nc(-c2ccc(NC(C)=O)cc2)cs1. The Morgan fingerprint density at radius 1 is 1.03 bits per heavy atom. The molecule has 1 atom stereocenters. The first kappa shape index (κ1) is 22.0. The molecule has 0 aliphatic carbocycles. The zero-order valence-corrected chi connectivity index (χ0v) is 17.9. The Hall–Kier alpha value is -3.72. The number of hydrogen-bond donors (Lipinski definition) is 3. The number of nitrogens with one attached hydrogen (secondary N) is 3. The molecular formula is C22H22N4O4S. The molecule has 3 amide bonds. The molecule has 0 aliphatic heterocycles. The second kappa shape index (κ2) is 10.4. The van der Waals surface area contributed by atoms with Crippen LogP contribution in [0.4, 0.5) is 15.6 Å². The smallest absolute Gasteiger partial charge is 0.407 e. The van der Waals surface area contributed by atoms with Crippen molar-refractivity contribution in [2.24, 2.45) is 0 Å². The van der Waals surface area contributed by atoms with Crippen LogP contribution in [-0.4, -0.2) is 36.0 Å². The van der Waals surface area contributed by atoms with Gasteiger partial charge in [0.25, 0.3) is 0 Å². The fourth-order valence-electron chi connectivity index (χ4n) is 2.84. The number of ether oxygens (including phenoxy) is 1. The Morgan fingerprint density at radius 2 is 1.74 bits per heavy atom. The molecule has 3 N–H and O–H groups in total. The summed E-state index contributed by atoms with van der Waals surface area (Å²) in [6.45, 7) is 1.45. The average Bonchev–Trinajstić information content (AvgIpc) is 3.22. The summed E-state index contributed by atoms with van der Waals surface area (Å²) >= 11 is 1.28. The molecule has 0 fully saturated rings. The minimum absolute atomic E-state index is 0.142. The molecule has 0 aliphatic rings. The highest BCUT2D eigenvalue weighted by molar-refractivity contribution is 7.14. The number of nitrogens with zero attached hydrogens (tertiary/aromatic N) is 1. The van der Waals surface area contributed by atoms with Crippen LogP contribution in [-0.2, 0) is 20.7 Å². The molecule has 1 aromatic heterocycles. The van der Waals surface area contributed by atoms with Gasteiger partial charge in [-0.25, -0.2) is 9.78 Å². The van der Waals surface area contributed by atoms with Crippen molar-refractivity contribution in [3.63, 3.8) is 0 Å². The molecule has 3 aromatic rings. The summed E-state index contributed by atoms with van der Waals surface area (Å²) in [5.41, 5.74) is 3.13. The van der Waals surface area contributed by atoms with Crippen molar-refractivity contribution in [3.05, 3.63) is 65.5 Å². The van der Waals surface area contributed by atoms with E-state index in [2.05, 4.69) is 25.7 Å². The number of rotatable bonds is 7. The van der Waals surface area contributed by atoms with Crippen molar-refractivity contribution in [2.75, 3.05) is 17.7 Å². The molecule has 8 nitrogen and oxygen atoms in total. The normalized spacial score (nSPS) is 11.3. The van der Waals surface area contributed by atoms with E-state index in [0.717, 1.165) is 11.1 Å². The average molecular weight is 439 g/mol. The number of methoxy groups -OCH3 is 1. The van der Waals surface area contributed by atoms with Gasteiger partial charge >= 0.3 is 6.09 Å². The molecule has 0 saturated carbocycles. The maximum absolute atomic E-state index is 12.8. The molecule has 2 aromatic carbocycles. The fraction of sp³-hybridized carbons (Fsp3) is 0.182. The van der Waals surface area contributed by atoms with Crippen LogP contribution in [0.3, 0.4) is 0 Å². The van der Waals surface area contributed by atoms with Crippen LogP contribution in [0.1, 0.15) is 12.5 Å². The predicted octanol–water partition coefficient (Wildman–Crippen LogP) is 3.67. The summed E-state index contributed by atoms with van der Waals surface area (Å²) < 4.78 is 4.65. The molecule has 0 radical (unpaired) electrons. The first-order valence-electron chi connectivity index (χ1n) is 9.47. The van der Waals surface area contributed by atoms with Crippen molar-refractivity contribution in [1.29, 1.82) is 0 Å². The Balaban J connectivity index is 1.69. The third kappa shape index (κ3) is 6.38. The maximum atomic E-state index is 12.8. The predicted molar refractivity (Wildman–Crippen MR) is 120 cm³/mol. The first-order valence-corrected chi connectivity index (χ1v) is 10.4. The summed E-state index contributed by atoms with van der Waals surface area (Å²) in [5, 5.41) is 10.3. The van der Waals surface area contributed by atoms with E-state index >= 15 is 0 Å². The number of carbonyl (C=O) groups excluding carboxylic acids is 3. The number of hydrogen-bond acceptors (Lipinski definition) is 6. The van der Waals surface area contributed by atoms with Crippen molar-refractivity contribution in [2.45, 2.75) is 19.4 Å². The van der Waals surface area contributed by atoms with E-state index in [1.807, 2.05) is 47.8 Å². The van der Waals surface area contributed by atoms with E-state index in [9.17, 15) is 14.4 Å². The van der Waals surface area contributed by atoms with Gasteiger partial charge in [-0.1, -0.05) is 42.5 Å². The Labute approximate surface area is 183 Å². The van der Waals surface area contributed by atoms with Gasteiger partial charge in [-0.2, -0.15) is 0 Å². The lowest BCUT2D eigenvalue weighted by Gasteiger charge is -2.17. The van der Waals surface area contributed by atoms with Crippen LogP contribution >= 0.6 is 11.3 Å². The molecule has 3 rings (SSSR count). The molecular weight excluding hydrogens is 416 g/mol. The van der Waals surface area contributed by atoms with Crippen LogP contribution in [0, 0.1) is 0 Å². The summed E-state index contributed by atoms with van der Waals surface area (Å²) in [6, 6.07) is 15.8. The molecule has 160 valence electrons. The quantitative estimate of drug-likeness (QED) is 0.521. The van der Waals surface area contributed by atoms with Crippen molar-refractivity contribution >= 4 is 40.1 Å². The van der Waals surface area contributed by atoms with Crippen LogP contribution in [0.25, 0.3) is 11.3 Å². The lowest BCUT2D eigenvalue weighted by atomic mass is 10.1. The molecule has 0 saturated heterocycles. The summed E-state index contributed by atoms with van der Waals surface area (Å²) in [7, 11) is 1.25. The van der Waals surface area contributed by atoms with E-state index in [1.165, 1.54) is 25.4 Å². The van der Waals surface area contributed by atoms with Gasteiger partial charge < -0.3 is 20.7 Å². The number of carbonyl (C=O) groups is 3. The Bertz CT molecular complexity index is 1050. The zero-order valence-electron chi connectivity index (χ0n) is 17.0. The van der Waals surface area contributed by atoms with Crippen LogP contribution in [0.5, 0.6) is 0 Å². The number of aromatic nitrogens is 1. The van der Waals surface area contributed by atoms with Gasteiger partial charge in [-0.15, -0.1) is 11.3 Å². The van der Waals surface area contributed by atoms with E-state index in [0.29, 0.717) is 22.9 Å². The summed E-state index contributed by atoms with van der Waals surface area (Å²) in [4.78, 5) is 40.1. The van der Waals surface area contributed by atoms with E-state index in [-0.39, 0.29) is 5.91 Å². The highest BCUT2D eigenvalue weighted by Gasteiger charge is 2.22. The van der Waals surface area contributed by atoms with E-state index in [1.54, 1.807) is 12.1 Å². The lowest BCUT2D eigenvalue weighted by Crippen LogP contribution is -2.45. The molecule has 31 heavy (non-hydrogen) atoms. The lowest BCUT2D eigenvalue weighted by molar-refractivity contribution is -0.118. The van der Waals surface area contributed by atoms with Gasteiger partial charge in [0, 0.05) is 30.0 Å². The highest BCUT2D eigenvalue weighted by Crippen LogP contribution is 2.26. The molecule has 9 heteroatoms. The number of amides is 3. The first-order chi connectivity index (χ1) is 14.9. The van der Waals surface area contributed by atoms with Crippen molar-refractivity contribution in [1.82, 2.24) is 10.3 Å². The number of alkyl carbamates (subject to hydrolysis) is 1. The third-order valence-electron chi connectivity index (χ3n) is 4.31. The Kier molecular flexibility index (Phi) is 7.34. The summed E-state index contributed by atoms with van der Waals surface area (Å²) in [5.74, 6) is -0.534. The largest absolute Gasteiger partial charge is 0.453 e. The Morgan fingerprint density at radius 3 is 2.39 bits per heavy atom. The van der Waals surface area contributed by atoms with E-state index in [4.69, 9.17) is 0 Å². The van der Waals surface area contributed by atoms with Gasteiger partial charge in [-0.05, 0) is 17.7 Å². The topological polar surface area (TPSA) is 109 Å². The third-order valence-corrected chi connectivity index (χ3v) is 5.07. The minimum Gasteiger partial charge on any atom is -0.453 e. The highest BCUT2D eigenvalue weighted by atomic mass is 32.1. The molecule has 1 heterocycles. The molecule has 1 unspecified atom stereocenters. The van der Waals surface area contributed by atoms with Crippen molar-refractivity contribution in [3.8, 4) is 11.3 Å². The fourth-order valence-corrected chi connectivity index (χ4v) is 3.57. The monoisotopic (exact) mass is 438 g/mol. The molecule has 0 spiro atoms. The van der Waals surface area contributed by atoms with Gasteiger partial charge in [0.1, 0.15) is 6.04 Å². The maximum Gasteiger partial charge on any atom is 0.407 e. The van der Waals surface area contributed by atoms with Crippen LogP contribution in [0.2, 0.25) is 0 Å². The molecule has 0 bridgehead atoms. The second-order valence-corrected chi connectivity index (χ2v) is 7.52. The number of thiazole rings is 1. The van der Waals surface area contributed by atoms with Crippen LogP contribution < -0.4 is 16.0 Å². The summed E-state index contributed by atoms with van der Waals surface area (Å²) in [6.07, 6.45) is -0.375. The van der Waals surface area contributed by atoms with Gasteiger partial charge in [0.05, 0.1) is 12.8 Å². The number of benzene rings is 2. The minimum atomic E-state index is -0.820. The second-order valence-electron chi connectivity index (χ2n) is 6.66. The standard InChI is InChI=1S/C22H22N4O4S/c1-14(27)23-17-10-8-16(9-11-17)19-13-31-21(24-19)26-20(28)18(25-22(29)30-2)12-15-6-4-3-5-7-15/h3-11,13,18H,12H2,1-2H3,(H,23,27)(H,25,29)(H,24,26,28). The van der Waals surface area contributed by atoms with Gasteiger partial charge in [0.15, 0.2) is 5.13 Å². The number of anilines is 2. The van der Waals surface area contributed by atoms with Gasteiger partial charge in [-0.3, -0.25) is 9.59 Å². The van der Waals surface area contributed by atoms with Crippen LogP contribution in [0.15, 0.2) is 60.0 Å². The van der Waals surface area contributed by atoms with Gasteiger partial charge in [0.2, 0.25) is 11.8 Å². The zero-order chi connectivity index (χ0) is 22.2.